The molecule has 0 unspecified atom stereocenters. The molecule has 1 amide bonds. The van der Waals surface area contributed by atoms with Crippen LogP contribution in [-0.2, 0) is 4.79 Å². The number of nitrogens with two attached hydrogens (primary N) is 1. The molecule has 1 saturated heterocycles. The van der Waals surface area contributed by atoms with Crippen LogP contribution in [0.15, 0.2) is 10.6 Å². The van der Waals surface area contributed by atoms with E-state index < -0.39 is 5.91 Å². The SMILES string of the molecule is N#C/C(C(N)=O)=C1/NCCS1. The zero-order chi connectivity index (χ0) is 8.27. The largest absolute Gasteiger partial charge is 0.378 e. The van der Waals surface area contributed by atoms with E-state index in [9.17, 15) is 4.79 Å². The molecule has 0 aromatic rings. The van der Waals surface area contributed by atoms with Gasteiger partial charge in [0, 0.05) is 12.3 Å². The van der Waals surface area contributed by atoms with E-state index in [1.54, 1.807) is 6.07 Å². The quantitative estimate of drug-likeness (QED) is 0.411. The lowest BCUT2D eigenvalue weighted by molar-refractivity contribution is -0.114. The number of nitriles is 1. The molecule has 11 heavy (non-hydrogen) atoms. The van der Waals surface area contributed by atoms with Crippen molar-refractivity contribution in [2.45, 2.75) is 0 Å². The van der Waals surface area contributed by atoms with Crippen molar-refractivity contribution in [1.82, 2.24) is 5.32 Å². The zero-order valence-electron chi connectivity index (χ0n) is 5.76. The Labute approximate surface area is 68.4 Å². The molecule has 1 rings (SSSR count). The van der Waals surface area contributed by atoms with Gasteiger partial charge in [0.25, 0.3) is 5.91 Å². The predicted molar refractivity (Wildman–Crippen MR) is 42.3 cm³/mol. The van der Waals surface area contributed by atoms with Crippen LogP contribution < -0.4 is 11.1 Å². The van der Waals surface area contributed by atoms with Crippen LogP contribution in [0, 0.1) is 11.3 Å². The zero-order valence-corrected chi connectivity index (χ0v) is 6.57. The molecule has 0 atom stereocenters. The van der Waals surface area contributed by atoms with Crippen molar-refractivity contribution in [3.63, 3.8) is 0 Å². The molecule has 1 aliphatic rings. The summed E-state index contributed by atoms with van der Waals surface area (Å²) in [6.07, 6.45) is 0. The van der Waals surface area contributed by atoms with E-state index in [4.69, 9.17) is 11.0 Å². The fraction of sp³-hybridized carbons (Fsp3) is 0.333. The first-order valence-corrected chi connectivity index (χ1v) is 4.05. The minimum Gasteiger partial charge on any atom is -0.378 e. The molecule has 0 radical (unpaired) electrons. The van der Waals surface area contributed by atoms with Gasteiger partial charge in [-0.25, -0.2) is 0 Å². The third-order valence-electron chi connectivity index (χ3n) is 1.22. The molecule has 1 fully saturated rings. The highest BCUT2D eigenvalue weighted by Gasteiger charge is 2.15. The smallest absolute Gasteiger partial charge is 0.262 e. The summed E-state index contributed by atoms with van der Waals surface area (Å²) in [5.41, 5.74) is 4.99. The van der Waals surface area contributed by atoms with E-state index in [-0.39, 0.29) is 5.57 Å². The topological polar surface area (TPSA) is 78.9 Å². The van der Waals surface area contributed by atoms with Gasteiger partial charge >= 0.3 is 0 Å². The summed E-state index contributed by atoms with van der Waals surface area (Å²) in [6, 6.07) is 1.77. The molecule has 0 bridgehead atoms. The number of hydrogen-bond acceptors (Lipinski definition) is 4. The van der Waals surface area contributed by atoms with Crippen LogP contribution in [0.2, 0.25) is 0 Å². The Morgan fingerprint density at radius 2 is 2.55 bits per heavy atom. The first-order valence-electron chi connectivity index (χ1n) is 3.06. The van der Waals surface area contributed by atoms with Crippen molar-refractivity contribution in [2.75, 3.05) is 12.3 Å². The molecule has 58 valence electrons. The predicted octanol–water partition coefficient (Wildman–Crippen LogP) is -0.457. The normalized spacial score (nSPS) is 20.3. The molecule has 3 N–H and O–H groups in total. The van der Waals surface area contributed by atoms with Crippen molar-refractivity contribution >= 4 is 17.7 Å². The molecule has 0 aliphatic carbocycles. The Morgan fingerprint density at radius 3 is 2.91 bits per heavy atom. The van der Waals surface area contributed by atoms with Crippen LogP contribution in [-0.4, -0.2) is 18.2 Å². The van der Waals surface area contributed by atoms with E-state index in [1.165, 1.54) is 11.8 Å². The fourth-order valence-electron chi connectivity index (χ4n) is 0.747. The highest BCUT2D eigenvalue weighted by atomic mass is 32.2. The monoisotopic (exact) mass is 169 g/mol. The second-order valence-electron chi connectivity index (χ2n) is 1.96. The lowest BCUT2D eigenvalue weighted by Gasteiger charge is -1.97. The summed E-state index contributed by atoms with van der Waals surface area (Å²) in [5.74, 6) is 0.220. The van der Waals surface area contributed by atoms with Crippen LogP contribution in [0.3, 0.4) is 0 Å². The lowest BCUT2D eigenvalue weighted by atomic mass is 10.3. The van der Waals surface area contributed by atoms with Gasteiger partial charge in [-0.05, 0) is 0 Å². The first-order chi connectivity index (χ1) is 5.25. The second kappa shape index (κ2) is 3.30. The molecular formula is C6H7N3OS. The molecule has 1 aliphatic heterocycles. The van der Waals surface area contributed by atoms with Gasteiger partial charge < -0.3 is 11.1 Å². The number of thioether (sulfide) groups is 1. The van der Waals surface area contributed by atoms with Gasteiger partial charge in [-0.15, -0.1) is 11.8 Å². The van der Waals surface area contributed by atoms with Gasteiger partial charge in [0.2, 0.25) is 0 Å². The van der Waals surface area contributed by atoms with E-state index >= 15 is 0 Å². The number of hydrogen-bond donors (Lipinski definition) is 2. The number of carbonyl (C=O) groups excluding carboxylic acids is 1. The Hall–Kier alpha value is -1.15. The number of amides is 1. The van der Waals surface area contributed by atoms with Gasteiger partial charge in [0.15, 0.2) is 0 Å². The minimum atomic E-state index is -0.663. The maximum Gasteiger partial charge on any atom is 0.262 e. The first kappa shape index (κ1) is 7.95. The maximum absolute atomic E-state index is 10.6. The van der Waals surface area contributed by atoms with Crippen LogP contribution in [0.25, 0.3) is 0 Å². The van der Waals surface area contributed by atoms with E-state index in [0.29, 0.717) is 5.03 Å². The summed E-state index contributed by atoms with van der Waals surface area (Å²) in [5, 5.41) is 12.0. The Morgan fingerprint density at radius 1 is 1.82 bits per heavy atom. The molecule has 5 heteroatoms. The fourth-order valence-corrected chi connectivity index (χ4v) is 1.65. The molecule has 0 spiro atoms. The molecule has 1 heterocycles. The van der Waals surface area contributed by atoms with Crippen LogP contribution in [0.5, 0.6) is 0 Å². The van der Waals surface area contributed by atoms with E-state index in [2.05, 4.69) is 5.32 Å². The highest BCUT2D eigenvalue weighted by Crippen LogP contribution is 2.20. The number of primary amides is 1. The third-order valence-corrected chi connectivity index (χ3v) is 2.26. The summed E-state index contributed by atoms with van der Waals surface area (Å²) < 4.78 is 0. The molecule has 0 saturated carbocycles. The van der Waals surface area contributed by atoms with Crippen molar-refractivity contribution in [3.05, 3.63) is 10.6 Å². The van der Waals surface area contributed by atoms with Crippen molar-refractivity contribution in [3.8, 4) is 6.07 Å². The molecule has 0 aromatic carbocycles. The summed E-state index contributed by atoms with van der Waals surface area (Å²) >= 11 is 1.45. The maximum atomic E-state index is 10.6. The average molecular weight is 169 g/mol. The van der Waals surface area contributed by atoms with Crippen LogP contribution in [0.1, 0.15) is 0 Å². The van der Waals surface area contributed by atoms with Gasteiger partial charge in [-0.2, -0.15) is 5.26 Å². The average Bonchev–Trinajstić information content (AvgIpc) is 2.40. The Balaban J connectivity index is 2.90. The molecule has 0 aromatic heterocycles. The van der Waals surface area contributed by atoms with Crippen molar-refractivity contribution < 1.29 is 4.79 Å². The van der Waals surface area contributed by atoms with Crippen molar-refractivity contribution in [1.29, 1.82) is 5.26 Å². The Kier molecular flexibility index (Phi) is 2.39. The number of carbonyl (C=O) groups is 1. The van der Waals surface area contributed by atoms with E-state index in [1.807, 2.05) is 0 Å². The molecule has 4 nitrogen and oxygen atoms in total. The number of nitrogens with one attached hydrogen (secondary N) is 1. The Bertz CT molecular complexity index is 245. The summed E-state index contributed by atoms with van der Waals surface area (Å²) in [4.78, 5) is 10.6. The lowest BCUT2D eigenvalue weighted by Crippen LogP contribution is -2.17. The molecular weight excluding hydrogens is 162 g/mol. The minimum absolute atomic E-state index is 0.0347. The van der Waals surface area contributed by atoms with Gasteiger partial charge in [-0.1, -0.05) is 0 Å². The standard InChI is InChI=1S/C6H7N3OS/c7-3-4(5(8)10)6-9-1-2-11-6/h9H,1-2H2,(H2,8,10)/b6-4+. The number of nitrogens with zero attached hydrogens (tertiary/aromatic N) is 1. The van der Waals surface area contributed by atoms with Crippen LogP contribution >= 0.6 is 11.8 Å². The van der Waals surface area contributed by atoms with Gasteiger partial charge in [-0.3, -0.25) is 4.79 Å². The van der Waals surface area contributed by atoms with Crippen molar-refractivity contribution in [2.24, 2.45) is 5.73 Å². The van der Waals surface area contributed by atoms with Gasteiger partial charge in [0.05, 0.1) is 5.03 Å². The summed E-state index contributed by atoms with van der Waals surface area (Å²) in [7, 11) is 0. The highest BCUT2D eigenvalue weighted by molar-refractivity contribution is 8.03. The number of rotatable bonds is 1. The summed E-state index contributed by atoms with van der Waals surface area (Å²) in [6.45, 7) is 0.790. The van der Waals surface area contributed by atoms with Crippen LogP contribution in [0.4, 0.5) is 0 Å². The van der Waals surface area contributed by atoms with Gasteiger partial charge in [0.1, 0.15) is 11.6 Å². The van der Waals surface area contributed by atoms with E-state index in [0.717, 1.165) is 12.3 Å². The third kappa shape index (κ3) is 1.65. The second-order valence-corrected chi connectivity index (χ2v) is 3.06.